The summed E-state index contributed by atoms with van der Waals surface area (Å²) < 4.78 is 24.5. The van der Waals surface area contributed by atoms with Crippen molar-refractivity contribution in [3.05, 3.63) is 42.0 Å². The van der Waals surface area contributed by atoms with E-state index in [1.165, 1.54) is 19.9 Å². The molecule has 0 aromatic heterocycles. The SMILES string of the molecule is CC(=O)O[C@@H]1[C@H]2C[C@H](OC(=O)/C=C/c3ccccc3)[C@]3(C)[C@@H](OC(C)=O)[C@@H](O)C[C@@H](C)[C@@]13OC2(C)C. The minimum Gasteiger partial charge on any atom is -0.459 e. The van der Waals surface area contributed by atoms with Crippen LogP contribution in [0.15, 0.2) is 36.4 Å². The van der Waals surface area contributed by atoms with Crippen LogP contribution in [0, 0.1) is 17.3 Å². The average Bonchev–Trinajstić information content (AvgIpc) is 2.96. The Morgan fingerprint density at radius 2 is 1.58 bits per heavy atom. The van der Waals surface area contributed by atoms with Gasteiger partial charge in [0.2, 0.25) is 0 Å². The van der Waals surface area contributed by atoms with E-state index in [0.717, 1.165) is 5.56 Å². The zero-order valence-corrected chi connectivity index (χ0v) is 21.7. The number of esters is 3. The number of ether oxygens (including phenoxy) is 4. The fourth-order valence-electron chi connectivity index (χ4n) is 6.97. The van der Waals surface area contributed by atoms with Gasteiger partial charge in [0.15, 0.2) is 0 Å². The second kappa shape index (κ2) is 9.30. The maximum atomic E-state index is 13.0. The summed E-state index contributed by atoms with van der Waals surface area (Å²) in [6.07, 6.45) is 0.130. The third kappa shape index (κ3) is 4.14. The van der Waals surface area contributed by atoms with Crippen LogP contribution in [0.2, 0.25) is 0 Å². The van der Waals surface area contributed by atoms with Crippen molar-refractivity contribution in [2.45, 2.75) is 90.0 Å². The molecule has 2 aliphatic carbocycles. The predicted octanol–water partition coefficient (Wildman–Crippen LogP) is 3.45. The quantitative estimate of drug-likeness (QED) is 0.372. The van der Waals surface area contributed by atoms with Crippen LogP contribution in [0.5, 0.6) is 0 Å². The van der Waals surface area contributed by atoms with Crippen molar-refractivity contribution in [2.75, 3.05) is 0 Å². The molecule has 1 aromatic rings. The van der Waals surface area contributed by atoms with Gasteiger partial charge in [-0.2, -0.15) is 0 Å². The molecule has 0 unspecified atom stereocenters. The van der Waals surface area contributed by atoms with E-state index in [4.69, 9.17) is 18.9 Å². The Morgan fingerprint density at radius 1 is 0.972 bits per heavy atom. The van der Waals surface area contributed by atoms with Gasteiger partial charge in [-0.05, 0) is 51.2 Å². The van der Waals surface area contributed by atoms with Crippen LogP contribution < -0.4 is 0 Å². The highest BCUT2D eigenvalue weighted by molar-refractivity contribution is 5.87. The number of fused-ring (bicyclic) bond motifs is 1. The molecule has 3 aliphatic rings. The third-order valence-corrected chi connectivity index (χ3v) is 8.42. The van der Waals surface area contributed by atoms with Crippen molar-refractivity contribution < 1.29 is 38.4 Å². The Labute approximate surface area is 211 Å². The van der Waals surface area contributed by atoms with Crippen LogP contribution in [0.1, 0.15) is 59.9 Å². The van der Waals surface area contributed by atoms with Crippen LogP contribution in [0.25, 0.3) is 6.08 Å². The molecule has 1 aromatic carbocycles. The first kappa shape index (κ1) is 26.4. The maximum Gasteiger partial charge on any atom is 0.331 e. The minimum absolute atomic E-state index is 0.267. The van der Waals surface area contributed by atoms with Gasteiger partial charge in [0.25, 0.3) is 0 Å². The lowest BCUT2D eigenvalue weighted by Gasteiger charge is -2.62. The van der Waals surface area contributed by atoms with Gasteiger partial charge in [-0.1, -0.05) is 37.3 Å². The van der Waals surface area contributed by atoms with Crippen molar-refractivity contribution >= 4 is 24.0 Å². The monoisotopic (exact) mass is 500 g/mol. The van der Waals surface area contributed by atoms with Gasteiger partial charge in [0.05, 0.1) is 17.1 Å². The lowest BCUT2D eigenvalue weighted by atomic mass is 9.48. The van der Waals surface area contributed by atoms with E-state index < -0.39 is 58.9 Å². The summed E-state index contributed by atoms with van der Waals surface area (Å²) in [4.78, 5) is 37.4. The number of carbonyl (C=O) groups is 3. The molecule has 1 heterocycles. The Kier molecular flexibility index (Phi) is 6.81. The summed E-state index contributed by atoms with van der Waals surface area (Å²) in [6.45, 7) is 10.2. The topological polar surface area (TPSA) is 108 Å². The smallest absolute Gasteiger partial charge is 0.331 e. The highest BCUT2D eigenvalue weighted by atomic mass is 16.6. The lowest BCUT2D eigenvalue weighted by Crippen LogP contribution is -2.75. The summed E-state index contributed by atoms with van der Waals surface area (Å²) in [5.74, 6) is -2.14. The normalized spacial score (nSPS) is 38.8. The van der Waals surface area contributed by atoms with Gasteiger partial charge >= 0.3 is 17.9 Å². The maximum absolute atomic E-state index is 13.0. The Balaban J connectivity index is 1.79. The highest BCUT2D eigenvalue weighted by Gasteiger charge is 2.80. The molecule has 8 heteroatoms. The summed E-state index contributed by atoms with van der Waals surface area (Å²) in [7, 11) is 0. The fraction of sp³-hybridized carbons (Fsp3) is 0.607. The molecule has 196 valence electrons. The summed E-state index contributed by atoms with van der Waals surface area (Å²) in [6, 6.07) is 9.38. The van der Waals surface area contributed by atoms with Crippen molar-refractivity contribution in [2.24, 2.45) is 17.3 Å². The minimum atomic E-state index is -1.20. The highest BCUT2D eigenvalue weighted by Crippen LogP contribution is 2.67. The van der Waals surface area contributed by atoms with E-state index in [0.29, 0.717) is 6.42 Å². The number of carbonyl (C=O) groups excluding carboxylic acids is 3. The number of aliphatic hydroxyl groups is 1. The van der Waals surface area contributed by atoms with Crippen molar-refractivity contribution in [1.29, 1.82) is 0 Å². The van der Waals surface area contributed by atoms with Crippen LogP contribution in [0.3, 0.4) is 0 Å². The van der Waals surface area contributed by atoms with E-state index in [2.05, 4.69) is 0 Å². The molecule has 0 radical (unpaired) electrons. The van der Waals surface area contributed by atoms with Gasteiger partial charge < -0.3 is 24.1 Å². The van der Waals surface area contributed by atoms with Crippen molar-refractivity contribution in [3.63, 3.8) is 0 Å². The van der Waals surface area contributed by atoms with Crippen LogP contribution >= 0.6 is 0 Å². The predicted molar refractivity (Wildman–Crippen MR) is 130 cm³/mol. The fourth-order valence-corrected chi connectivity index (χ4v) is 6.97. The molecule has 2 saturated carbocycles. The molecule has 1 aliphatic heterocycles. The van der Waals surface area contributed by atoms with Crippen LogP contribution in [-0.2, 0) is 33.3 Å². The molecule has 1 saturated heterocycles. The lowest BCUT2D eigenvalue weighted by molar-refractivity contribution is -0.305. The number of benzene rings is 1. The van der Waals surface area contributed by atoms with Crippen LogP contribution in [0.4, 0.5) is 0 Å². The van der Waals surface area contributed by atoms with E-state index in [1.54, 1.807) is 6.08 Å². The van der Waals surface area contributed by atoms with Gasteiger partial charge in [-0.15, -0.1) is 0 Å². The molecular weight excluding hydrogens is 464 g/mol. The molecule has 3 fully saturated rings. The molecule has 4 rings (SSSR count). The van der Waals surface area contributed by atoms with E-state index in [1.807, 2.05) is 58.0 Å². The Morgan fingerprint density at radius 3 is 2.19 bits per heavy atom. The standard InChI is InChI=1S/C28H36O8/c1-16-14-21(31)25(34-18(3)30)27(6)22(35-23(32)13-12-19-10-8-7-9-11-19)15-20-24(33-17(2)29)28(16,27)36-26(20,4)5/h7-13,16,20-22,24-25,31H,14-15H2,1-6H3/b13-12+/t16-,20-,21+,22+,24-,25+,27-,28-/m1/s1. The first-order valence-electron chi connectivity index (χ1n) is 12.5. The Hall–Kier alpha value is -2.71. The van der Waals surface area contributed by atoms with Gasteiger partial charge in [0.1, 0.15) is 23.9 Å². The molecule has 8 atom stereocenters. The largest absolute Gasteiger partial charge is 0.459 e. The summed E-state index contributed by atoms with van der Waals surface area (Å²) >= 11 is 0. The molecule has 0 amide bonds. The summed E-state index contributed by atoms with van der Waals surface area (Å²) in [5.41, 5.74) is -2.23. The zero-order valence-electron chi connectivity index (χ0n) is 21.7. The number of rotatable bonds is 5. The molecular formula is C28H36O8. The van der Waals surface area contributed by atoms with Crippen molar-refractivity contribution in [3.8, 4) is 0 Å². The average molecular weight is 501 g/mol. The third-order valence-electron chi connectivity index (χ3n) is 8.42. The summed E-state index contributed by atoms with van der Waals surface area (Å²) in [5, 5.41) is 11.1. The first-order chi connectivity index (χ1) is 16.8. The van der Waals surface area contributed by atoms with Gasteiger partial charge in [-0.3, -0.25) is 9.59 Å². The van der Waals surface area contributed by atoms with E-state index >= 15 is 0 Å². The zero-order chi connectivity index (χ0) is 26.5. The number of aliphatic hydroxyl groups excluding tert-OH is 1. The Bertz CT molecular complexity index is 1050. The van der Waals surface area contributed by atoms with Crippen LogP contribution in [-0.4, -0.2) is 58.6 Å². The second-order valence-electron chi connectivity index (χ2n) is 11.1. The molecule has 2 bridgehead atoms. The molecule has 36 heavy (non-hydrogen) atoms. The van der Waals surface area contributed by atoms with E-state index in [-0.39, 0.29) is 18.3 Å². The molecule has 1 spiro atoms. The van der Waals surface area contributed by atoms with Crippen molar-refractivity contribution in [1.82, 2.24) is 0 Å². The van der Waals surface area contributed by atoms with Gasteiger partial charge in [-0.25, -0.2) is 4.79 Å². The van der Waals surface area contributed by atoms with E-state index in [9.17, 15) is 19.5 Å². The molecule has 1 N–H and O–H groups in total. The number of hydrogen-bond donors (Lipinski definition) is 1. The first-order valence-corrected chi connectivity index (χ1v) is 12.5. The molecule has 8 nitrogen and oxygen atoms in total. The van der Waals surface area contributed by atoms with Gasteiger partial charge in [0, 0.05) is 25.8 Å². The second-order valence-corrected chi connectivity index (χ2v) is 11.1. The number of hydrogen-bond acceptors (Lipinski definition) is 8.